The number of pyridine rings is 1. The lowest BCUT2D eigenvalue weighted by molar-refractivity contribution is 0.462. The second-order valence-electron chi connectivity index (χ2n) is 4.49. The molecule has 0 spiro atoms. The monoisotopic (exact) mass is 235 g/mol. The Balaban J connectivity index is 2.74. The van der Waals surface area contributed by atoms with Gasteiger partial charge in [-0.3, -0.25) is 19.4 Å². The minimum absolute atomic E-state index is 0.142. The van der Waals surface area contributed by atoms with Gasteiger partial charge in [0.25, 0.3) is 5.56 Å². The molecule has 5 heteroatoms. The van der Waals surface area contributed by atoms with Crippen molar-refractivity contribution in [1.82, 2.24) is 14.8 Å². The SMILES string of the molecule is CCC[C@H](C)n1[nH]c(=O)c2c(C)cc(=O)[nH]c21. The number of hydrogen-bond donors (Lipinski definition) is 2. The second kappa shape index (κ2) is 4.24. The molecule has 2 rings (SSSR count). The molecule has 0 aliphatic heterocycles. The van der Waals surface area contributed by atoms with Crippen molar-refractivity contribution in [3.8, 4) is 0 Å². The topological polar surface area (TPSA) is 70.7 Å². The third-order valence-electron chi connectivity index (χ3n) is 3.06. The second-order valence-corrected chi connectivity index (χ2v) is 4.49. The predicted molar refractivity (Wildman–Crippen MR) is 67.5 cm³/mol. The number of aromatic amines is 2. The van der Waals surface area contributed by atoms with E-state index in [1.54, 1.807) is 11.6 Å². The quantitative estimate of drug-likeness (QED) is 0.849. The summed E-state index contributed by atoms with van der Waals surface area (Å²) in [6, 6.07) is 1.62. The molecule has 0 amide bonds. The van der Waals surface area contributed by atoms with Crippen molar-refractivity contribution in [2.45, 2.75) is 39.7 Å². The van der Waals surface area contributed by atoms with Gasteiger partial charge in [-0.1, -0.05) is 13.3 Å². The van der Waals surface area contributed by atoms with Crippen molar-refractivity contribution >= 4 is 11.0 Å². The summed E-state index contributed by atoms with van der Waals surface area (Å²) in [6.45, 7) is 5.90. The van der Waals surface area contributed by atoms with Crippen LogP contribution in [0.1, 0.15) is 38.3 Å². The van der Waals surface area contributed by atoms with E-state index in [4.69, 9.17) is 0 Å². The van der Waals surface area contributed by atoms with Crippen molar-refractivity contribution in [3.05, 3.63) is 32.3 Å². The Morgan fingerprint density at radius 2 is 2.12 bits per heavy atom. The van der Waals surface area contributed by atoms with E-state index in [1.807, 2.05) is 6.92 Å². The number of rotatable bonds is 3. The maximum Gasteiger partial charge on any atom is 0.273 e. The van der Waals surface area contributed by atoms with Crippen molar-refractivity contribution in [2.75, 3.05) is 0 Å². The van der Waals surface area contributed by atoms with Crippen LogP contribution in [0.2, 0.25) is 0 Å². The maximum atomic E-state index is 11.8. The molecule has 2 aromatic heterocycles. The highest BCUT2D eigenvalue weighted by molar-refractivity contribution is 5.77. The number of nitrogens with one attached hydrogen (secondary N) is 2. The summed E-state index contributed by atoms with van der Waals surface area (Å²) in [5, 5.41) is 3.37. The summed E-state index contributed by atoms with van der Waals surface area (Å²) in [5.41, 5.74) is 0.997. The molecule has 0 fully saturated rings. The van der Waals surface area contributed by atoms with Crippen LogP contribution in [0.3, 0.4) is 0 Å². The normalized spacial score (nSPS) is 13.1. The van der Waals surface area contributed by atoms with Crippen LogP contribution in [-0.2, 0) is 0 Å². The molecule has 5 nitrogen and oxygen atoms in total. The molecule has 0 saturated carbocycles. The van der Waals surface area contributed by atoms with Crippen LogP contribution in [0.4, 0.5) is 0 Å². The molecule has 0 aliphatic carbocycles. The first kappa shape index (κ1) is 11.7. The zero-order valence-electron chi connectivity index (χ0n) is 10.3. The maximum absolute atomic E-state index is 11.8. The summed E-state index contributed by atoms with van der Waals surface area (Å²) >= 11 is 0. The van der Waals surface area contributed by atoms with E-state index in [0.717, 1.165) is 12.8 Å². The van der Waals surface area contributed by atoms with E-state index in [1.165, 1.54) is 6.07 Å². The van der Waals surface area contributed by atoms with E-state index in [0.29, 0.717) is 16.6 Å². The summed E-state index contributed by atoms with van der Waals surface area (Å²) in [7, 11) is 0. The zero-order valence-corrected chi connectivity index (χ0v) is 10.3. The Hall–Kier alpha value is -1.78. The third kappa shape index (κ3) is 1.92. The summed E-state index contributed by atoms with van der Waals surface area (Å²) in [4.78, 5) is 26.0. The number of aryl methyl sites for hydroxylation is 1. The fraction of sp³-hybridized carbons (Fsp3) is 0.500. The van der Waals surface area contributed by atoms with Crippen LogP contribution in [0.25, 0.3) is 11.0 Å². The van der Waals surface area contributed by atoms with Crippen molar-refractivity contribution < 1.29 is 0 Å². The van der Waals surface area contributed by atoms with E-state index >= 15 is 0 Å². The van der Waals surface area contributed by atoms with Crippen molar-refractivity contribution in [1.29, 1.82) is 0 Å². The first-order valence-corrected chi connectivity index (χ1v) is 5.88. The zero-order chi connectivity index (χ0) is 12.6. The smallest absolute Gasteiger partial charge is 0.273 e. The van der Waals surface area contributed by atoms with Crippen LogP contribution in [0.5, 0.6) is 0 Å². The predicted octanol–water partition coefficient (Wildman–Crippen LogP) is 1.69. The lowest BCUT2D eigenvalue weighted by atomic mass is 10.2. The van der Waals surface area contributed by atoms with Gasteiger partial charge in [-0.25, -0.2) is 0 Å². The van der Waals surface area contributed by atoms with Crippen LogP contribution < -0.4 is 11.1 Å². The highest BCUT2D eigenvalue weighted by atomic mass is 16.1. The van der Waals surface area contributed by atoms with Crippen molar-refractivity contribution in [2.24, 2.45) is 0 Å². The van der Waals surface area contributed by atoms with Gasteiger partial charge < -0.3 is 4.98 Å². The Labute approximate surface area is 98.5 Å². The third-order valence-corrected chi connectivity index (χ3v) is 3.06. The average molecular weight is 235 g/mol. The highest BCUT2D eigenvalue weighted by Crippen LogP contribution is 2.17. The van der Waals surface area contributed by atoms with Gasteiger partial charge in [0.2, 0.25) is 5.56 Å². The lowest BCUT2D eigenvalue weighted by Gasteiger charge is -2.12. The first-order chi connectivity index (χ1) is 8.04. The van der Waals surface area contributed by atoms with E-state index in [2.05, 4.69) is 17.0 Å². The van der Waals surface area contributed by atoms with Gasteiger partial charge in [0, 0.05) is 12.1 Å². The van der Waals surface area contributed by atoms with Crippen LogP contribution in [0, 0.1) is 6.92 Å². The first-order valence-electron chi connectivity index (χ1n) is 5.88. The van der Waals surface area contributed by atoms with E-state index in [-0.39, 0.29) is 17.2 Å². The molecule has 92 valence electrons. The molecule has 0 saturated heterocycles. The number of H-pyrrole nitrogens is 2. The largest absolute Gasteiger partial charge is 0.307 e. The molecule has 0 aromatic carbocycles. The molecule has 2 N–H and O–H groups in total. The number of nitrogens with zero attached hydrogens (tertiary/aromatic N) is 1. The van der Waals surface area contributed by atoms with Gasteiger partial charge in [-0.15, -0.1) is 0 Å². The Bertz CT molecular complexity index is 648. The highest BCUT2D eigenvalue weighted by Gasteiger charge is 2.14. The molecule has 17 heavy (non-hydrogen) atoms. The molecule has 2 heterocycles. The molecule has 0 bridgehead atoms. The van der Waals surface area contributed by atoms with Gasteiger partial charge in [-0.05, 0) is 25.8 Å². The molecular formula is C12H17N3O2. The van der Waals surface area contributed by atoms with Crippen LogP contribution >= 0.6 is 0 Å². The minimum atomic E-state index is -0.175. The molecule has 2 aromatic rings. The Morgan fingerprint density at radius 3 is 2.76 bits per heavy atom. The molecule has 0 aliphatic rings. The lowest BCUT2D eigenvalue weighted by Crippen LogP contribution is -2.12. The molecule has 0 radical (unpaired) electrons. The van der Waals surface area contributed by atoms with E-state index < -0.39 is 0 Å². The number of fused-ring (bicyclic) bond motifs is 1. The summed E-state index contributed by atoms with van der Waals surface area (Å²) in [5.74, 6) is 0. The van der Waals surface area contributed by atoms with Crippen molar-refractivity contribution in [3.63, 3.8) is 0 Å². The number of aromatic nitrogens is 3. The van der Waals surface area contributed by atoms with Gasteiger partial charge in [0.15, 0.2) is 0 Å². The molecule has 1 atom stereocenters. The Kier molecular flexibility index (Phi) is 2.92. The summed E-state index contributed by atoms with van der Waals surface area (Å²) < 4.78 is 1.76. The average Bonchev–Trinajstić information content (AvgIpc) is 2.56. The Morgan fingerprint density at radius 1 is 1.41 bits per heavy atom. The van der Waals surface area contributed by atoms with E-state index in [9.17, 15) is 9.59 Å². The van der Waals surface area contributed by atoms with Gasteiger partial charge in [0.05, 0.1) is 5.39 Å². The van der Waals surface area contributed by atoms with Gasteiger partial charge in [-0.2, -0.15) is 0 Å². The van der Waals surface area contributed by atoms with Gasteiger partial charge in [0.1, 0.15) is 5.65 Å². The fourth-order valence-corrected chi connectivity index (χ4v) is 2.24. The standard InChI is InChI=1S/C12H17N3O2/c1-4-5-8(3)15-11-10(12(17)14-15)7(2)6-9(16)13-11/h6,8H,4-5H2,1-3H3,(H,13,16)(H,14,17)/t8-/m0/s1. The van der Waals surface area contributed by atoms with Crippen LogP contribution in [-0.4, -0.2) is 14.8 Å². The van der Waals surface area contributed by atoms with Gasteiger partial charge >= 0.3 is 0 Å². The molecular weight excluding hydrogens is 218 g/mol. The minimum Gasteiger partial charge on any atom is -0.307 e. The van der Waals surface area contributed by atoms with Crippen LogP contribution in [0.15, 0.2) is 15.7 Å². The fourth-order valence-electron chi connectivity index (χ4n) is 2.24. The number of hydrogen-bond acceptors (Lipinski definition) is 2. The summed E-state index contributed by atoms with van der Waals surface area (Å²) in [6.07, 6.45) is 1.98. The molecule has 0 unspecified atom stereocenters.